The Morgan fingerprint density at radius 2 is 2.29 bits per heavy atom. The summed E-state index contributed by atoms with van der Waals surface area (Å²) in [6.45, 7) is 2.23. The minimum absolute atomic E-state index is 0.566. The van der Waals surface area contributed by atoms with E-state index in [9.17, 15) is 0 Å². The Morgan fingerprint density at radius 3 is 3.07 bits per heavy atom. The van der Waals surface area contributed by atoms with E-state index in [1.807, 2.05) is 0 Å². The van der Waals surface area contributed by atoms with E-state index in [1.165, 1.54) is 6.42 Å². The molecule has 0 spiro atoms. The molecule has 0 radical (unpaired) electrons. The molecule has 2 aromatic heterocycles. The van der Waals surface area contributed by atoms with Crippen molar-refractivity contribution in [2.24, 2.45) is 5.92 Å². The molecule has 0 amide bonds. The number of H-pyrrole nitrogens is 1. The van der Waals surface area contributed by atoms with Gasteiger partial charge in [0.2, 0.25) is 0 Å². The van der Waals surface area contributed by atoms with Crippen molar-refractivity contribution in [1.29, 1.82) is 0 Å². The van der Waals surface area contributed by atoms with Crippen LogP contribution >= 0.6 is 0 Å². The average molecular weight is 189 g/mol. The van der Waals surface area contributed by atoms with Crippen molar-refractivity contribution in [3.05, 3.63) is 12.7 Å². The van der Waals surface area contributed by atoms with Crippen LogP contribution in [-0.2, 0) is 0 Å². The summed E-state index contributed by atoms with van der Waals surface area (Å²) in [7, 11) is 0. The highest BCUT2D eigenvalue weighted by Crippen LogP contribution is 2.33. The number of aromatic nitrogens is 4. The number of imidazole rings is 1. The molecule has 14 heavy (non-hydrogen) atoms. The minimum Gasteiger partial charge on any atom is -0.365 e. The van der Waals surface area contributed by atoms with Gasteiger partial charge in [0.05, 0.1) is 6.33 Å². The lowest BCUT2D eigenvalue weighted by Gasteiger charge is -2.03. The molecule has 2 aromatic rings. The summed E-state index contributed by atoms with van der Waals surface area (Å²) in [6.07, 6.45) is 4.40. The third kappa shape index (κ3) is 1.13. The molecule has 0 bridgehead atoms. The summed E-state index contributed by atoms with van der Waals surface area (Å²) in [6, 6.07) is 0.566. The van der Waals surface area contributed by atoms with Crippen molar-refractivity contribution in [3.8, 4) is 0 Å². The van der Waals surface area contributed by atoms with Crippen LogP contribution in [0.1, 0.15) is 13.3 Å². The standard InChI is InChI=1S/C9H11N5/c1-5-2-6(5)14-9-7-8(11-3-10-7)12-4-13-9/h3-6H,2H2,1H3,(H2,10,11,12,13,14)/t5-,6-/m1/s1. The molecule has 5 nitrogen and oxygen atoms in total. The molecule has 0 aromatic carbocycles. The topological polar surface area (TPSA) is 66.5 Å². The van der Waals surface area contributed by atoms with Gasteiger partial charge in [-0.2, -0.15) is 0 Å². The largest absolute Gasteiger partial charge is 0.365 e. The van der Waals surface area contributed by atoms with Gasteiger partial charge in [-0.1, -0.05) is 6.92 Å². The third-order valence-electron chi connectivity index (χ3n) is 2.65. The van der Waals surface area contributed by atoms with E-state index in [0.29, 0.717) is 6.04 Å². The quantitative estimate of drug-likeness (QED) is 0.744. The summed E-state index contributed by atoms with van der Waals surface area (Å²) >= 11 is 0. The lowest BCUT2D eigenvalue weighted by molar-refractivity contribution is 0.923. The predicted molar refractivity (Wildman–Crippen MR) is 52.9 cm³/mol. The van der Waals surface area contributed by atoms with Gasteiger partial charge in [-0.15, -0.1) is 0 Å². The van der Waals surface area contributed by atoms with Crippen molar-refractivity contribution in [2.75, 3.05) is 5.32 Å². The summed E-state index contributed by atoms with van der Waals surface area (Å²) in [4.78, 5) is 15.4. The van der Waals surface area contributed by atoms with Gasteiger partial charge >= 0.3 is 0 Å². The molecule has 0 aliphatic heterocycles. The summed E-state index contributed by atoms with van der Waals surface area (Å²) < 4.78 is 0. The second-order valence-corrected chi connectivity index (χ2v) is 3.79. The zero-order valence-corrected chi connectivity index (χ0v) is 7.86. The van der Waals surface area contributed by atoms with Crippen LogP contribution in [-0.4, -0.2) is 26.0 Å². The zero-order chi connectivity index (χ0) is 9.54. The van der Waals surface area contributed by atoms with Crippen LogP contribution in [0.2, 0.25) is 0 Å². The molecular weight excluding hydrogens is 178 g/mol. The molecule has 3 rings (SSSR count). The number of anilines is 1. The van der Waals surface area contributed by atoms with Gasteiger partial charge in [-0.25, -0.2) is 15.0 Å². The van der Waals surface area contributed by atoms with Crippen molar-refractivity contribution in [2.45, 2.75) is 19.4 Å². The maximum absolute atomic E-state index is 4.20. The Balaban J connectivity index is 1.98. The number of aromatic amines is 1. The maximum Gasteiger partial charge on any atom is 0.182 e. The van der Waals surface area contributed by atoms with Crippen LogP contribution in [0.4, 0.5) is 5.82 Å². The van der Waals surface area contributed by atoms with E-state index in [0.717, 1.165) is 22.9 Å². The normalized spacial score (nSPS) is 25.2. The first-order chi connectivity index (χ1) is 6.84. The number of nitrogens with one attached hydrogen (secondary N) is 2. The third-order valence-corrected chi connectivity index (χ3v) is 2.65. The number of fused-ring (bicyclic) bond motifs is 1. The summed E-state index contributed by atoms with van der Waals surface area (Å²) in [5.74, 6) is 1.62. The smallest absolute Gasteiger partial charge is 0.182 e. The van der Waals surface area contributed by atoms with Crippen molar-refractivity contribution >= 4 is 17.0 Å². The van der Waals surface area contributed by atoms with E-state index in [-0.39, 0.29) is 0 Å². The van der Waals surface area contributed by atoms with Gasteiger partial charge in [0.15, 0.2) is 11.5 Å². The highest BCUT2D eigenvalue weighted by molar-refractivity contribution is 5.82. The Labute approximate surface area is 81.0 Å². The molecule has 0 saturated heterocycles. The number of hydrogen-bond donors (Lipinski definition) is 2. The highest BCUT2D eigenvalue weighted by Gasteiger charge is 2.33. The van der Waals surface area contributed by atoms with Gasteiger partial charge in [0.25, 0.3) is 0 Å². The zero-order valence-electron chi connectivity index (χ0n) is 7.86. The van der Waals surface area contributed by atoms with Gasteiger partial charge in [-0.3, -0.25) is 0 Å². The number of hydrogen-bond acceptors (Lipinski definition) is 4. The molecule has 1 saturated carbocycles. The lowest BCUT2D eigenvalue weighted by atomic mass is 10.4. The van der Waals surface area contributed by atoms with Gasteiger partial charge in [-0.05, 0) is 12.3 Å². The Bertz CT molecular complexity index is 463. The molecule has 1 fully saturated rings. The van der Waals surface area contributed by atoms with Crippen molar-refractivity contribution in [3.63, 3.8) is 0 Å². The highest BCUT2D eigenvalue weighted by atomic mass is 15.1. The second-order valence-electron chi connectivity index (χ2n) is 3.79. The van der Waals surface area contributed by atoms with Crippen LogP contribution in [0.5, 0.6) is 0 Å². The van der Waals surface area contributed by atoms with Gasteiger partial charge in [0, 0.05) is 6.04 Å². The molecule has 2 atom stereocenters. The number of nitrogens with zero attached hydrogens (tertiary/aromatic N) is 3. The van der Waals surface area contributed by atoms with Gasteiger partial charge < -0.3 is 10.3 Å². The van der Waals surface area contributed by atoms with E-state index in [2.05, 4.69) is 32.2 Å². The molecule has 1 aliphatic carbocycles. The summed E-state index contributed by atoms with van der Waals surface area (Å²) in [5, 5.41) is 3.37. The molecule has 2 heterocycles. The van der Waals surface area contributed by atoms with Gasteiger partial charge in [0.1, 0.15) is 11.8 Å². The Hall–Kier alpha value is -1.65. The predicted octanol–water partition coefficient (Wildman–Crippen LogP) is 1.17. The summed E-state index contributed by atoms with van der Waals surface area (Å²) in [5.41, 5.74) is 1.61. The molecule has 72 valence electrons. The Kier molecular flexibility index (Phi) is 1.47. The van der Waals surface area contributed by atoms with Crippen LogP contribution in [0.3, 0.4) is 0 Å². The average Bonchev–Trinajstić information content (AvgIpc) is 2.69. The van der Waals surface area contributed by atoms with E-state index in [1.54, 1.807) is 12.7 Å². The van der Waals surface area contributed by atoms with E-state index >= 15 is 0 Å². The Morgan fingerprint density at radius 1 is 1.43 bits per heavy atom. The second kappa shape index (κ2) is 2.67. The van der Waals surface area contributed by atoms with E-state index in [4.69, 9.17) is 0 Å². The van der Waals surface area contributed by atoms with Crippen LogP contribution in [0.15, 0.2) is 12.7 Å². The first kappa shape index (κ1) is 7.73. The van der Waals surface area contributed by atoms with Crippen LogP contribution < -0.4 is 5.32 Å². The maximum atomic E-state index is 4.20. The molecule has 1 aliphatic rings. The molecular formula is C9H11N5. The molecule has 5 heteroatoms. The fourth-order valence-electron chi connectivity index (χ4n) is 1.57. The molecule has 2 N–H and O–H groups in total. The molecule has 0 unspecified atom stereocenters. The van der Waals surface area contributed by atoms with Crippen molar-refractivity contribution in [1.82, 2.24) is 19.9 Å². The van der Waals surface area contributed by atoms with Crippen molar-refractivity contribution < 1.29 is 0 Å². The number of rotatable bonds is 2. The first-order valence-electron chi connectivity index (χ1n) is 4.75. The van der Waals surface area contributed by atoms with Crippen LogP contribution in [0, 0.1) is 5.92 Å². The minimum atomic E-state index is 0.566. The van der Waals surface area contributed by atoms with Crippen LogP contribution in [0.25, 0.3) is 11.2 Å². The monoisotopic (exact) mass is 189 g/mol. The SMILES string of the molecule is C[C@@H]1C[C@H]1Nc1ncnc2nc[nH]c12. The lowest BCUT2D eigenvalue weighted by Crippen LogP contribution is -2.06. The van der Waals surface area contributed by atoms with E-state index < -0.39 is 0 Å². The fraction of sp³-hybridized carbons (Fsp3) is 0.444. The first-order valence-corrected chi connectivity index (χ1v) is 4.75. The fourth-order valence-corrected chi connectivity index (χ4v) is 1.57.